The molecular weight excluding hydrogens is 277 g/mol. The van der Waals surface area contributed by atoms with Crippen LogP contribution in [0.2, 0.25) is 0 Å². The number of benzene rings is 1. The molecule has 0 aliphatic carbocycles. The molecule has 0 saturated carbocycles. The van der Waals surface area contributed by atoms with E-state index in [4.69, 9.17) is 0 Å². The SMILES string of the molecule is COC(=O)C(C)Nc1cc(Br)c(F)cc1C. The first kappa shape index (κ1) is 13.0. The molecule has 88 valence electrons. The maximum absolute atomic E-state index is 13.2. The highest BCUT2D eigenvalue weighted by molar-refractivity contribution is 9.10. The fraction of sp³-hybridized carbons (Fsp3) is 0.364. The van der Waals surface area contributed by atoms with Crippen LogP contribution in [0.3, 0.4) is 0 Å². The molecule has 16 heavy (non-hydrogen) atoms. The van der Waals surface area contributed by atoms with E-state index in [2.05, 4.69) is 26.0 Å². The van der Waals surface area contributed by atoms with Gasteiger partial charge in [0.1, 0.15) is 11.9 Å². The lowest BCUT2D eigenvalue weighted by Gasteiger charge is -2.15. The molecule has 5 heteroatoms. The number of hydrogen-bond donors (Lipinski definition) is 1. The summed E-state index contributed by atoms with van der Waals surface area (Å²) in [4.78, 5) is 11.2. The summed E-state index contributed by atoms with van der Waals surface area (Å²) in [6, 6.07) is 2.53. The molecule has 0 fully saturated rings. The number of aryl methyl sites for hydroxylation is 1. The van der Waals surface area contributed by atoms with E-state index >= 15 is 0 Å². The minimum absolute atomic E-state index is 0.325. The van der Waals surface area contributed by atoms with Crippen LogP contribution in [0.4, 0.5) is 10.1 Å². The molecule has 0 spiro atoms. The predicted molar refractivity (Wildman–Crippen MR) is 63.9 cm³/mol. The number of halogens is 2. The van der Waals surface area contributed by atoms with Crippen molar-refractivity contribution in [2.24, 2.45) is 0 Å². The molecule has 1 rings (SSSR count). The number of ether oxygens (including phenoxy) is 1. The minimum Gasteiger partial charge on any atom is -0.467 e. The van der Waals surface area contributed by atoms with Gasteiger partial charge in [0, 0.05) is 5.69 Å². The second-order valence-corrected chi connectivity index (χ2v) is 4.32. The van der Waals surface area contributed by atoms with E-state index in [1.807, 2.05) is 0 Å². The van der Waals surface area contributed by atoms with Gasteiger partial charge in [-0.3, -0.25) is 0 Å². The van der Waals surface area contributed by atoms with Crippen LogP contribution in [0.1, 0.15) is 12.5 Å². The first-order valence-corrected chi connectivity index (χ1v) is 5.55. The molecule has 1 unspecified atom stereocenters. The lowest BCUT2D eigenvalue weighted by atomic mass is 10.2. The Morgan fingerprint density at radius 2 is 2.19 bits per heavy atom. The Hall–Kier alpha value is -1.10. The smallest absolute Gasteiger partial charge is 0.327 e. The second kappa shape index (κ2) is 5.30. The molecule has 1 atom stereocenters. The van der Waals surface area contributed by atoms with Crippen molar-refractivity contribution in [3.05, 3.63) is 28.0 Å². The predicted octanol–water partition coefficient (Wildman–Crippen LogP) is 2.87. The third-order valence-corrected chi connectivity index (χ3v) is 2.80. The first-order chi connectivity index (χ1) is 7.45. The average Bonchev–Trinajstić information content (AvgIpc) is 2.24. The van der Waals surface area contributed by atoms with Gasteiger partial charge in [-0.05, 0) is 47.5 Å². The summed E-state index contributed by atoms with van der Waals surface area (Å²) in [5, 5.41) is 2.96. The fourth-order valence-corrected chi connectivity index (χ4v) is 1.61. The zero-order valence-electron chi connectivity index (χ0n) is 9.30. The van der Waals surface area contributed by atoms with Crippen molar-refractivity contribution in [3.63, 3.8) is 0 Å². The summed E-state index contributed by atoms with van der Waals surface area (Å²) in [6.45, 7) is 3.45. The van der Waals surface area contributed by atoms with E-state index in [9.17, 15) is 9.18 Å². The molecule has 0 heterocycles. The van der Waals surface area contributed by atoms with E-state index in [1.54, 1.807) is 19.9 Å². The van der Waals surface area contributed by atoms with Crippen molar-refractivity contribution in [3.8, 4) is 0 Å². The van der Waals surface area contributed by atoms with Gasteiger partial charge in [0.05, 0.1) is 11.6 Å². The van der Waals surface area contributed by atoms with Crippen LogP contribution in [0, 0.1) is 12.7 Å². The minimum atomic E-state index is -0.471. The molecular formula is C11H13BrFNO2. The van der Waals surface area contributed by atoms with Gasteiger partial charge < -0.3 is 10.1 Å². The van der Waals surface area contributed by atoms with Crippen LogP contribution in [-0.4, -0.2) is 19.1 Å². The topological polar surface area (TPSA) is 38.3 Å². The van der Waals surface area contributed by atoms with Gasteiger partial charge >= 0.3 is 5.97 Å². The lowest BCUT2D eigenvalue weighted by molar-refractivity contribution is -0.141. The fourth-order valence-electron chi connectivity index (χ4n) is 1.27. The lowest BCUT2D eigenvalue weighted by Crippen LogP contribution is -2.27. The molecule has 1 N–H and O–H groups in total. The number of nitrogens with one attached hydrogen (secondary N) is 1. The molecule has 0 aliphatic rings. The van der Waals surface area contributed by atoms with Crippen molar-refractivity contribution in [2.75, 3.05) is 12.4 Å². The van der Waals surface area contributed by atoms with Crippen molar-refractivity contribution in [1.82, 2.24) is 0 Å². The normalized spacial score (nSPS) is 12.1. The standard InChI is InChI=1S/C11H13BrFNO2/c1-6-4-9(13)8(12)5-10(6)14-7(2)11(15)16-3/h4-5,7,14H,1-3H3. The van der Waals surface area contributed by atoms with Crippen LogP contribution in [0.25, 0.3) is 0 Å². The number of methoxy groups -OCH3 is 1. The Bertz CT molecular complexity index is 409. The zero-order valence-corrected chi connectivity index (χ0v) is 10.9. The molecule has 0 bridgehead atoms. The summed E-state index contributed by atoms with van der Waals surface area (Å²) in [5.41, 5.74) is 1.43. The second-order valence-electron chi connectivity index (χ2n) is 3.47. The highest BCUT2D eigenvalue weighted by atomic mass is 79.9. The van der Waals surface area contributed by atoms with Gasteiger partial charge in [-0.2, -0.15) is 0 Å². The quantitative estimate of drug-likeness (QED) is 0.870. The highest BCUT2D eigenvalue weighted by Gasteiger charge is 2.14. The van der Waals surface area contributed by atoms with E-state index in [0.717, 1.165) is 5.56 Å². The number of anilines is 1. The van der Waals surface area contributed by atoms with E-state index < -0.39 is 6.04 Å². The van der Waals surface area contributed by atoms with E-state index in [0.29, 0.717) is 10.2 Å². The largest absolute Gasteiger partial charge is 0.467 e. The summed E-state index contributed by atoms with van der Waals surface area (Å²) in [6.07, 6.45) is 0. The molecule has 1 aromatic rings. The summed E-state index contributed by atoms with van der Waals surface area (Å²) in [5.74, 6) is -0.686. The number of hydrogen-bond acceptors (Lipinski definition) is 3. The van der Waals surface area contributed by atoms with Crippen LogP contribution in [-0.2, 0) is 9.53 Å². The van der Waals surface area contributed by atoms with Gasteiger partial charge in [0.2, 0.25) is 0 Å². The molecule has 0 aromatic heterocycles. The monoisotopic (exact) mass is 289 g/mol. The van der Waals surface area contributed by atoms with Crippen LogP contribution in [0.5, 0.6) is 0 Å². The number of rotatable bonds is 3. The van der Waals surface area contributed by atoms with Gasteiger partial charge in [-0.25, -0.2) is 9.18 Å². The van der Waals surface area contributed by atoms with E-state index in [1.165, 1.54) is 13.2 Å². The first-order valence-electron chi connectivity index (χ1n) is 4.75. The number of carbonyl (C=O) groups is 1. The third-order valence-electron chi connectivity index (χ3n) is 2.19. The molecule has 0 radical (unpaired) electrons. The van der Waals surface area contributed by atoms with Crippen molar-refractivity contribution in [2.45, 2.75) is 19.9 Å². The Labute approximate surface area is 102 Å². The van der Waals surface area contributed by atoms with Crippen molar-refractivity contribution < 1.29 is 13.9 Å². The molecule has 3 nitrogen and oxygen atoms in total. The van der Waals surface area contributed by atoms with Crippen LogP contribution in [0.15, 0.2) is 16.6 Å². The molecule has 0 saturated heterocycles. The Morgan fingerprint density at radius 3 is 2.75 bits per heavy atom. The molecule has 0 amide bonds. The third kappa shape index (κ3) is 2.95. The molecule has 1 aromatic carbocycles. The van der Waals surface area contributed by atoms with Gasteiger partial charge in [-0.1, -0.05) is 0 Å². The van der Waals surface area contributed by atoms with E-state index in [-0.39, 0.29) is 11.8 Å². The summed E-state index contributed by atoms with van der Waals surface area (Å²) < 4.78 is 18.1. The Kier molecular flexibility index (Phi) is 4.29. The van der Waals surface area contributed by atoms with Gasteiger partial charge in [0.15, 0.2) is 0 Å². The Morgan fingerprint density at radius 1 is 1.56 bits per heavy atom. The van der Waals surface area contributed by atoms with Crippen molar-refractivity contribution >= 4 is 27.6 Å². The highest BCUT2D eigenvalue weighted by Crippen LogP contribution is 2.24. The van der Waals surface area contributed by atoms with Gasteiger partial charge in [0.25, 0.3) is 0 Å². The maximum atomic E-state index is 13.2. The van der Waals surface area contributed by atoms with Crippen LogP contribution < -0.4 is 5.32 Å². The van der Waals surface area contributed by atoms with Crippen LogP contribution >= 0.6 is 15.9 Å². The van der Waals surface area contributed by atoms with Gasteiger partial charge in [-0.15, -0.1) is 0 Å². The maximum Gasteiger partial charge on any atom is 0.327 e. The summed E-state index contributed by atoms with van der Waals surface area (Å²) in [7, 11) is 1.33. The zero-order chi connectivity index (χ0) is 12.3. The van der Waals surface area contributed by atoms with Crippen molar-refractivity contribution in [1.29, 1.82) is 0 Å². The Balaban J connectivity index is 2.89. The summed E-state index contributed by atoms with van der Waals surface area (Å²) >= 11 is 3.09. The molecule has 0 aliphatic heterocycles. The average molecular weight is 290 g/mol. The number of esters is 1. The number of carbonyl (C=O) groups excluding carboxylic acids is 1.